The first kappa shape index (κ1) is 23.8. The average Bonchev–Trinajstić information content (AvgIpc) is 2.83. The Bertz CT molecular complexity index is 799. The zero-order valence-corrected chi connectivity index (χ0v) is 19.3. The first-order chi connectivity index (χ1) is 15.3. The molecule has 1 aliphatic heterocycles. The largest absolute Gasteiger partial charge is 0.317 e. The molecule has 166 valence electrons. The molecule has 1 aliphatic rings. The molecule has 31 heavy (non-hydrogen) atoms. The predicted molar refractivity (Wildman–Crippen MR) is 133 cm³/mol. The molecule has 2 aromatic rings. The van der Waals surface area contributed by atoms with Crippen LogP contribution in [0.4, 0.5) is 0 Å². The van der Waals surface area contributed by atoms with Gasteiger partial charge in [-0.25, -0.2) is 0 Å². The van der Waals surface area contributed by atoms with Crippen LogP contribution >= 0.6 is 11.9 Å². The van der Waals surface area contributed by atoms with Crippen molar-refractivity contribution < 1.29 is 4.79 Å². The van der Waals surface area contributed by atoms with Crippen LogP contribution in [-0.2, 0) is 12.8 Å². The molecule has 2 N–H and O–H groups in total. The Labute approximate surface area is 192 Å². The van der Waals surface area contributed by atoms with Gasteiger partial charge in [0, 0.05) is 16.5 Å². The normalized spacial score (nSPS) is 15.5. The van der Waals surface area contributed by atoms with Gasteiger partial charge in [0.05, 0.1) is 0 Å². The maximum Gasteiger partial charge on any atom is 0.150 e. The maximum atomic E-state index is 10.9. The van der Waals surface area contributed by atoms with Crippen molar-refractivity contribution in [2.45, 2.75) is 62.3 Å². The van der Waals surface area contributed by atoms with Gasteiger partial charge in [0.15, 0.2) is 0 Å². The van der Waals surface area contributed by atoms with Crippen molar-refractivity contribution in [3.05, 3.63) is 77.9 Å². The number of hydrogen-bond donors (Lipinski definition) is 2. The van der Waals surface area contributed by atoms with Crippen LogP contribution in [0.2, 0.25) is 0 Å². The number of carbonyl (C=O) groups excluding carboxylic acids is 1. The minimum atomic E-state index is 0.172. The first-order valence-electron chi connectivity index (χ1n) is 11.7. The number of hydrogen-bond acceptors (Lipinski definition) is 4. The van der Waals surface area contributed by atoms with E-state index in [-0.39, 0.29) is 6.04 Å². The van der Waals surface area contributed by atoms with Crippen LogP contribution < -0.4 is 10.0 Å². The third-order valence-corrected chi connectivity index (χ3v) is 7.03. The van der Waals surface area contributed by atoms with Gasteiger partial charge in [0.25, 0.3) is 0 Å². The highest BCUT2D eigenvalue weighted by atomic mass is 32.2. The van der Waals surface area contributed by atoms with Crippen molar-refractivity contribution in [1.29, 1.82) is 0 Å². The summed E-state index contributed by atoms with van der Waals surface area (Å²) in [6, 6.07) is 16.9. The second-order valence-corrected chi connectivity index (χ2v) is 9.48. The fourth-order valence-corrected chi connectivity index (χ4v) is 4.98. The monoisotopic (exact) mass is 436 g/mol. The number of aldehydes is 1. The first-order valence-corrected chi connectivity index (χ1v) is 12.5. The summed E-state index contributed by atoms with van der Waals surface area (Å²) in [6.07, 6.45) is 13.1. The average molecular weight is 437 g/mol. The third-order valence-electron chi connectivity index (χ3n) is 6.12. The lowest BCUT2D eigenvalue weighted by Gasteiger charge is -2.22. The lowest BCUT2D eigenvalue weighted by atomic mass is 9.92. The molecule has 0 aliphatic carbocycles. The summed E-state index contributed by atoms with van der Waals surface area (Å²) in [5.74, 6) is 0.957. The van der Waals surface area contributed by atoms with E-state index in [2.05, 4.69) is 40.9 Å². The fourth-order valence-electron chi connectivity index (χ4n) is 4.17. The number of piperidine rings is 1. The SMILES string of the molecule is C=CC(Cc1ccc(CCCCCC2CCNCC2)cc1)NSc1cccc(C=O)c1. The van der Waals surface area contributed by atoms with Gasteiger partial charge in [-0.2, -0.15) is 0 Å². The maximum absolute atomic E-state index is 10.9. The molecule has 1 unspecified atom stereocenters. The van der Waals surface area contributed by atoms with Gasteiger partial charge < -0.3 is 5.32 Å². The number of carbonyl (C=O) groups is 1. The molecule has 0 amide bonds. The highest BCUT2D eigenvalue weighted by Crippen LogP contribution is 2.20. The smallest absolute Gasteiger partial charge is 0.150 e. The summed E-state index contributed by atoms with van der Waals surface area (Å²) >= 11 is 1.55. The minimum absolute atomic E-state index is 0.172. The third kappa shape index (κ3) is 8.64. The Kier molecular flexibility index (Phi) is 10.4. The lowest BCUT2D eigenvalue weighted by Crippen LogP contribution is -2.27. The van der Waals surface area contributed by atoms with Crippen molar-refractivity contribution in [1.82, 2.24) is 10.0 Å². The van der Waals surface area contributed by atoms with E-state index in [1.54, 1.807) is 11.9 Å². The molecule has 3 nitrogen and oxygen atoms in total. The van der Waals surface area contributed by atoms with E-state index >= 15 is 0 Å². The predicted octanol–water partition coefficient (Wildman–Crippen LogP) is 6.00. The summed E-state index contributed by atoms with van der Waals surface area (Å²) in [4.78, 5) is 12.0. The molecule has 1 atom stereocenters. The molecule has 0 saturated carbocycles. The van der Waals surface area contributed by atoms with Gasteiger partial charge in [0.2, 0.25) is 0 Å². The van der Waals surface area contributed by atoms with Gasteiger partial charge in [-0.15, -0.1) is 6.58 Å². The van der Waals surface area contributed by atoms with Crippen LogP contribution in [0.15, 0.2) is 66.1 Å². The summed E-state index contributed by atoms with van der Waals surface area (Å²) in [6.45, 7) is 6.40. The van der Waals surface area contributed by atoms with Crippen LogP contribution in [0.3, 0.4) is 0 Å². The number of rotatable bonds is 13. The van der Waals surface area contributed by atoms with Crippen LogP contribution in [0.5, 0.6) is 0 Å². The van der Waals surface area contributed by atoms with Crippen LogP contribution in [-0.4, -0.2) is 25.4 Å². The zero-order chi connectivity index (χ0) is 21.7. The number of unbranched alkanes of at least 4 members (excludes halogenated alkanes) is 2. The molecule has 0 spiro atoms. The molecular weight excluding hydrogens is 400 g/mol. The van der Waals surface area contributed by atoms with Gasteiger partial charge in [-0.1, -0.05) is 61.7 Å². The Morgan fingerprint density at radius 1 is 1.06 bits per heavy atom. The van der Waals surface area contributed by atoms with Gasteiger partial charge in [-0.05, 0) is 86.3 Å². The minimum Gasteiger partial charge on any atom is -0.317 e. The number of benzene rings is 2. The molecule has 3 rings (SSSR count). The van der Waals surface area contributed by atoms with E-state index in [9.17, 15) is 4.79 Å². The molecule has 1 fully saturated rings. The standard InChI is InChI=1S/C27H36N2OS/c1-2-26(29-31-27-10-6-9-25(20-27)21-30)19-24-13-11-22(12-14-24)7-4-3-5-8-23-15-17-28-18-16-23/h2,6,9-14,20-21,23,26,28-29H,1,3-5,7-8,15-19H2. The molecule has 2 aromatic carbocycles. The summed E-state index contributed by atoms with van der Waals surface area (Å²) in [7, 11) is 0. The van der Waals surface area contributed by atoms with Gasteiger partial charge in [-0.3, -0.25) is 9.52 Å². The molecule has 1 heterocycles. The van der Waals surface area contributed by atoms with Crippen LogP contribution in [0.25, 0.3) is 0 Å². The second kappa shape index (κ2) is 13.5. The van der Waals surface area contributed by atoms with Crippen molar-refractivity contribution in [2.75, 3.05) is 13.1 Å². The fraction of sp³-hybridized carbons (Fsp3) is 0.444. The Morgan fingerprint density at radius 2 is 1.84 bits per heavy atom. The summed E-state index contributed by atoms with van der Waals surface area (Å²) in [5, 5.41) is 3.45. The van der Waals surface area contributed by atoms with Crippen molar-refractivity contribution in [2.24, 2.45) is 5.92 Å². The molecular formula is C27H36N2OS. The van der Waals surface area contributed by atoms with Crippen LogP contribution in [0, 0.1) is 5.92 Å². The Hall–Kier alpha value is -1.88. The Morgan fingerprint density at radius 3 is 2.58 bits per heavy atom. The van der Waals surface area contributed by atoms with E-state index in [1.807, 2.05) is 30.3 Å². The molecule has 0 bridgehead atoms. The van der Waals surface area contributed by atoms with E-state index in [0.717, 1.165) is 23.5 Å². The van der Waals surface area contributed by atoms with Gasteiger partial charge in [0.1, 0.15) is 6.29 Å². The summed E-state index contributed by atoms with van der Waals surface area (Å²) < 4.78 is 3.45. The zero-order valence-electron chi connectivity index (χ0n) is 18.5. The molecule has 0 radical (unpaired) electrons. The second-order valence-electron chi connectivity index (χ2n) is 8.57. The van der Waals surface area contributed by atoms with E-state index in [4.69, 9.17) is 0 Å². The van der Waals surface area contributed by atoms with Crippen LogP contribution in [0.1, 0.15) is 60.0 Å². The summed E-state index contributed by atoms with van der Waals surface area (Å²) in [5.41, 5.74) is 3.45. The van der Waals surface area contributed by atoms with Crippen molar-refractivity contribution in [3.63, 3.8) is 0 Å². The van der Waals surface area contributed by atoms with E-state index in [0.29, 0.717) is 5.56 Å². The van der Waals surface area contributed by atoms with E-state index in [1.165, 1.54) is 69.2 Å². The molecule has 4 heteroatoms. The van der Waals surface area contributed by atoms with Gasteiger partial charge >= 0.3 is 0 Å². The highest BCUT2D eigenvalue weighted by Gasteiger charge is 2.12. The van der Waals surface area contributed by atoms with Crippen molar-refractivity contribution >= 4 is 18.2 Å². The number of aryl methyl sites for hydroxylation is 1. The van der Waals surface area contributed by atoms with Crippen molar-refractivity contribution in [3.8, 4) is 0 Å². The van der Waals surface area contributed by atoms with E-state index < -0.39 is 0 Å². The quantitative estimate of drug-likeness (QED) is 0.175. The molecule has 0 aromatic heterocycles. The number of nitrogens with one attached hydrogen (secondary N) is 2. The highest BCUT2D eigenvalue weighted by molar-refractivity contribution is 7.97. The molecule has 1 saturated heterocycles. The Balaban J connectivity index is 1.36. The topological polar surface area (TPSA) is 41.1 Å². The lowest BCUT2D eigenvalue weighted by molar-refractivity contribution is 0.112.